The molecule has 40 heavy (non-hydrogen) atoms. The number of thiol groups is 4. The summed E-state index contributed by atoms with van der Waals surface area (Å²) in [6, 6.07) is 0. The number of carbonyl (C=O) groups excluding carboxylic acids is 5. The molecule has 0 bridgehead atoms. The lowest BCUT2D eigenvalue weighted by molar-refractivity contribution is -0.221. The van der Waals surface area contributed by atoms with E-state index in [0.717, 1.165) is 0 Å². The quantitative estimate of drug-likeness (QED) is 0.0714. The zero-order chi connectivity index (χ0) is 30.4. The molecule has 18 heteroatoms. The van der Waals surface area contributed by atoms with Crippen molar-refractivity contribution < 1.29 is 66.6 Å². The average molecular weight is 649 g/mol. The molecule has 0 saturated heterocycles. The van der Waals surface area contributed by atoms with Crippen molar-refractivity contribution in [1.29, 1.82) is 0 Å². The molecule has 1 rings (SSSR count). The minimum Gasteiger partial charge on any atom is -0.451 e. The van der Waals surface area contributed by atoms with E-state index in [-0.39, 0.29) is 28.8 Å². The van der Waals surface area contributed by atoms with Crippen LogP contribution >= 0.6 is 50.5 Å². The first-order valence-corrected chi connectivity index (χ1v) is 14.1. The van der Waals surface area contributed by atoms with Crippen molar-refractivity contribution in [3.8, 4) is 0 Å². The molecule has 0 amide bonds. The van der Waals surface area contributed by atoms with Gasteiger partial charge in [0, 0.05) is 13.8 Å². The second-order valence-corrected chi connectivity index (χ2v) is 8.89. The van der Waals surface area contributed by atoms with E-state index in [9.17, 15) is 24.0 Å². The Bertz CT molecular complexity index is 929. The maximum atomic E-state index is 12.9. The second-order valence-electron chi connectivity index (χ2n) is 7.63. The molecule has 0 aliphatic carbocycles. The van der Waals surface area contributed by atoms with Gasteiger partial charge in [-0.1, -0.05) is 0 Å². The minimum atomic E-state index is -1.43. The summed E-state index contributed by atoms with van der Waals surface area (Å²) in [5.74, 6) is -5.71. The highest BCUT2D eigenvalue weighted by molar-refractivity contribution is 7.81. The smallest absolute Gasteiger partial charge is 0.378 e. The summed E-state index contributed by atoms with van der Waals surface area (Å²) < 4.78 is 48.0. The van der Waals surface area contributed by atoms with E-state index in [1.54, 1.807) is 0 Å². The number of cyclic esters (lactones) is 1. The van der Waals surface area contributed by atoms with Gasteiger partial charge < -0.3 is 42.6 Å². The van der Waals surface area contributed by atoms with Crippen molar-refractivity contribution >= 4 is 80.4 Å². The van der Waals surface area contributed by atoms with E-state index < -0.39 is 79.6 Å². The third-order valence-electron chi connectivity index (χ3n) is 4.38. The molecule has 14 nitrogen and oxygen atoms in total. The molecule has 6 unspecified atom stereocenters. The van der Waals surface area contributed by atoms with Gasteiger partial charge in [-0.25, -0.2) is 4.79 Å². The van der Waals surface area contributed by atoms with Crippen LogP contribution in [0.25, 0.3) is 0 Å². The van der Waals surface area contributed by atoms with Crippen molar-refractivity contribution in [3.05, 3.63) is 11.5 Å². The predicted molar refractivity (Wildman–Crippen MR) is 148 cm³/mol. The molecule has 0 aromatic heterocycles. The van der Waals surface area contributed by atoms with E-state index in [1.165, 1.54) is 27.7 Å². The fourth-order valence-electron chi connectivity index (χ4n) is 2.94. The maximum absolute atomic E-state index is 12.9. The standard InChI is InChI=1S/C22H32O14S4/c1-10(30-15(23)6-37)28-5-14(29-11(2)31-16(24)7-38)19-20(34-12(3)32-17(25)8-39)21(22(27)36-19)35-13(4)33-18(26)9-40/h10-14,19,37-40H,5-9H2,1-4H3. The van der Waals surface area contributed by atoms with Crippen molar-refractivity contribution in [2.24, 2.45) is 0 Å². The Kier molecular flexibility index (Phi) is 16.6. The summed E-state index contributed by atoms with van der Waals surface area (Å²) in [4.78, 5) is 59.4. The van der Waals surface area contributed by atoms with Gasteiger partial charge in [0.05, 0.1) is 29.6 Å². The molecule has 0 aromatic rings. The summed E-state index contributed by atoms with van der Waals surface area (Å²) in [5.41, 5.74) is 0. The lowest BCUT2D eigenvalue weighted by Crippen LogP contribution is -2.41. The van der Waals surface area contributed by atoms with Gasteiger partial charge in [-0.15, -0.1) is 0 Å². The second kappa shape index (κ2) is 18.4. The van der Waals surface area contributed by atoms with Gasteiger partial charge in [-0.3, -0.25) is 19.2 Å². The van der Waals surface area contributed by atoms with Gasteiger partial charge in [0.2, 0.25) is 18.9 Å². The minimum absolute atomic E-state index is 0.203. The number of rotatable bonds is 18. The maximum Gasteiger partial charge on any atom is 0.378 e. The third-order valence-corrected chi connectivity index (χ3v) is 5.42. The van der Waals surface area contributed by atoms with Gasteiger partial charge in [0.1, 0.15) is 6.10 Å². The molecule has 0 spiro atoms. The van der Waals surface area contributed by atoms with Gasteiger partial charge in [-0.2, -0.15) is 50.5 Å². The zero-order valence-electron chi connectivity index (χ0n) is 22.0. The van der Waals surface area contributed by atoms with Crippen LogP contribution in [0.5, 0.6) is 0 Å². The normalized spacial score (nSPS) is 18.5. The van der Waals surface area contributed by atoms with E-state index in [2.05, 4.69) is 50.5 Å². The van der Waals surface area contributed by atoms with Crippen LogP contribution in [-0.4, -0.2) is 96.8 Å². The van der Waals surface area contributed by atoms with E-state index in [0.29, 0.717) is 0 Å². The highest BCUT2D eigenvalue weighted by atomic mass is 32.1. The summed E-state index contributed by atoms with van der Waals surface area (Å²) in [6.07, 6.45) is -7.57. The van der Waals surface area contributed by atoms with Gasteiger partial charge in [0.25, 0.3) is 5.76 Å². The van der Waals surface area contributed by atoms with Crippen molar-refractivity contribution in [1.82, 2.24) is 0 Å². The SMILES string of the molecule is CC(OCC(OC(C)OC(=O)CS)C1OC(=O)C(OC(C)OC(=O)CS)=C1OC(C)OC(=O)CS)OC(=O)CS. The Hall–Kier alpha value is -1.99. The van der Waals surface area contributed by atoms with Gasteiger partial charge >= 0.3 is 29.8 Å². The summed E-state index contributed by atoms with van der Waals surface area (Å²) in [5, 5.41) is 0. The Morgan fingerprint density at radius 1 is 0.700 bits per heavy atom. The van der Waals surface area contributed by atoms with Crippen LogP contribution < -0.4 is 0 Å². The molecule has 0 N–H and O–H groups in total. The first kappa shape index (κ1) is 36.0. The zero-order valence-corrected chi connectivity index (χ0v) is 25.6. The predicted octanol–water partition coefficient (Wildman–Crippen LogP) is 0.834. The van der Waals surface area contributed by atoms with E-state index >= 15 is 0 Å². The molecule has 1 heterocycles. The molecule has 228 valence electrons. The molecular formula is C22H32O14S4. The van der Waals surface area contributed by atoms with Crippen LogP contribution in [0.15, 0.2) is 11.5 Å². The molecule has 6 atom stereocenters. The van der Waals surface area contributed by atoms with E-state index in [4.69, 9.17) is 42.6 Å². The molecule has 0 radical (unpaired) electrons. The first-order valence-electron chi connectivity index (χ1n) is 11.6. The summed E-state index contributed by atoms with van der Waals surface area (Å²) in [7, 11) is 0. The molecule has 0 saturated carbocycles. The first-order chi connectivity index (χ1) is 18.8. The van der Waals surface area contributed by atoms with Crippen LogP contribution in [0.1, 0.15) is 27.7 Å². The number of ether oxygens (including phenoxy) is 9. The monoisotopic (exact) mass is 648 g/mol. The number of hydrogen-bond donors (Lipinski definition) is 4. The highest BCUT2D eigenvalue weighted by Gasteiger charge is 2.46. The van der Waals surface area contributed by atoms with Crippen LogP contribution in [0.4, 0.5) is 0 Å². The third kappa shape index (κ3) is 12.7. The van der Waals surface area contributed by atoms with Crippen LogP contribution in [-0.2, 0) is 66.6 Å². The molecule has 1 aliphatic heterocycles. The number of hydrogen-bond acceptors (Lipinski definition) is 18. The number of carbonyl (C=O) groups is 5. The van der Waals surface area contributed by atoms with Crippen molar-refractivity contribution in [2.75, 3.05) is 29.6 Å². The van der Waals surface area contributed by atoms with Crippen molar-refractivity contribution in [3.63, 3.8) is 0 Å². The Morgan fingerprint density at radius 2 is 1.12 bits per heavy atom. The molecule has 0 fully saturated rings. The molecule has 0 aromatic carbocycles. The lowest BCUT2D eigenvalue weighted by Gasteiger charge is -2.29. The Labute approximate surface area is 252 Å². The summed E-state index contributed by atoms with van der Waals surface area (Å²) >= 11 is 15.3. The van der Waals surface area contributed by atoms with Crippen LogP contribution in [0.2, 0.25) is 0 Å². The van der Waals surface area contributed by atoms with Gasteiger partial charge in [0.15, 0.2) is 18.2 Å². The highest BCUT2D eigenvalue weighted by Crippen LogP contribution is 2.31. The largest absolute Gasteiger partial charge is 0.451 e. The molecular weight excluding hydrogens is 616 g/mol. The Balaban J connectivity index is 3.36. The van der Waals surface area contributed by atoms with Gasteiger partial charge in [-0.05, 0) is 13.8 Å². The Morgan fingerprint density at radius 3 is 1.60 bits per heavy atom. The summed E-state index contributed by atoms with van der Waals surface area (Å²) in [6.45, 7) is 5.06. The molecule has 1 aliphatic rings. The number of esters is 5. The average Bonchev–Trinajstić information content (AvgIpc) is 3.19. The van der Waals surface area contributed by atoms with Crippen molar-refractivity contribution in [2.45, 2.75) is 65.1 Å². The van der Waals surface area contributed by atoms with Crippen LogP contribution in [0.3, 0.4) is 0 Å². The van der Waals surface area contributed by atoms with E-state index in [1.807, 2.05) is 0 Å². The fourth-order valence-corrected chi connectivity index (χ4v) is 3.24. The van der Waals surface area contributed by atoms with Crippen LogP contribution in [0, 0.1) is 0 Å². The topological polar surface area (TPSA) is 168 Å². The fraction of sp³-hybridized carbons (Fsp3) is 0.682. The lowest BCUT2D eigenvalue weighted by atomic mass is 10.1.